The van der Waals surface area contributed by atoms with Crippen LogP contribution in [-0.2, 0) is 19.0 Å². The number of hydrogen-bond donors (Lipinski definition) is 1. The summed E-state index contributed by atoms with van der Waals surface area (Å²) < 4.78 is 15.1. The van der Waals surface area contributed by atoms with Gasteiger partial charge in [-0.25, -0.2) is 0 Å². The quantitative estimate of drug-likeness (QED) is 0.378. The van der Waals surface area contributed by atoms with Crippen molar-refractivity contribution < 1.29 is 19.0 Å². The summed E-state index contributed by atoms with van der Waals surface area (Å²) in [7, 11) is 0. The topological polar surface area (TPSA) is 68.6 Å². The number of rotatable bonds is 8. The van der Waals surface area contributed by atoms with Crippen molar-refractivity contribution in [1.82, 2.24) is 0 Å². The molecule has 0 heterocycles. The third-order valence-electron chi connectivity index (χ3n) is 1.56. The molecular weight excluding hydrogens is 198 g/mol. The number of esters is 1. The summed E-state index contributed by atoms with van der Waals surface area (Å²) in [6, 6.07) is 0. The van der Waals surface area contributed by atoms with E-state index in [0.29, 0.717) is 19.8 Å². The summed E-state index contributed by atoms with van der Waals surface area (Å²) >= 11 is 0. The predicted octanol–water partition coefficient (Wildman–Crippen LogP) is 1.36. The summed E-state index contributed by atoms with van der Waals surface area (Å²) in [6.45, 7) is 6.54. The van der Waals surface area contributed by atoms with Gasteiger partial charge in [-0.15, -0.1) is 0 Å². The second kappa shape index (κ2) is 8.38. The maximum Gasteiger partial charge on any atom is 0.311 e. The van der Waals surface area contributed by atoms with E-state index >= 15 is 0 Å². The lowest BCUT2D eigenvalue weighted by molar-refractivity contribution is -0.142. The van der Waals surface area contributed by atoms with Crippen molar-refractivity contribution in [3.63, 3.8) is 0 Å². The molecule has 0 radical (unpaired) electrons. The zero-order valence-electron chi connectivity index (χ0n) is 9.54. The molecule has 0 spiro atoms. The predicted molar refractivity (Wildman–Crippen MR) is 56.0 cm³/mol. The highest BCUT2D eigenvalue weighted by Crippen LogP contribution is 2.02. The van der Waals surface area contributed by atoms with Crippen LogP contribution in [0.4, 0.5) is 0 Å². The zero-order chi connectivity index (χ0) is 11.7. The van der Waals surface area contributed by atoms with E-state index < -0.39 is 12.3 Å². The number of ether oxygens (including phenoxy) is 3. The molecule has 0 aromatic heterocycles. The smallest absolute Gasteiger partial charge is 0.311 e. The molecule has 0 fully saturated rings. The first kappa shape index (κ1) is 14.1. The fourth-order valence-electron chi connectivity index (χ4n) is 1.00. The molecular formula is C10H19NO4. The second-order valence-electron chi connectivity index (χ2n) is 2.75. The third kappa shape index (κ3) is 6.19. The highest BCUT2D eigenvalue weighted by molar-refractivity contribution is 5.99. The van der Waals surface area contributed by atoms with E-state index in [2.05, 4.69) is 0 Å². The molecule has 0 aliphatic rings. The van der Waals surface area contributed by atoms with Crippen molar-refractivity contribution in [3.8, 4) is 0 Å². The first-order valence-corrected chi connectivity index (χ1v) is 5.11. The Balaban J connectivity index is 4.06. The Hall–Kier alpha value is -0.940. The van der Waals surface area contributed by atoms with Crippen LogP contribution in [0, 0.1) is 5.41 Å². The number of carbonyl (C=O) groups is 1. The van der Waals surface area contributed by atoms with Crippen LogP contribution in [0.2, 0.25) is 0 Å². The molecule has 0 saturated heterocycles. The first-order valence-electron chi connectivity index (χ1n) is 5.11. The van der Waals surface area contributed by atoms with Crippen LogP contribution in [0.15, 0.2) is 0 Å². The van der Waals surface area contributed by atoms with Crippen molar-refractivity contribution >= 4 is 11.7 Å². The fraction of sp³-hybridized carbons (Fsp3) is 0.800. The lowest BCUT2D eigenvalue weighted by Gasteiger charge is -2.17. The Labute approximate surface area is 90.2 Å². The number of nitrogens with one attached hydrogen (secondary N) is 1. The average molecular weight is 217 g/mol. The van der Waals surface area contributed by atoms with Crippen LogP contribution in [0.25, 0.3) is 0 Å². The SMILES string of the molecule is CCOC(=O)CC(=N)C(OCC)OCC. The van der Waals surface area contributed by atoms with Gasteiger partial charge in [0.2, 0.25) is 0 Å². The van der Waals surface area contributed by atoms with Gasteiger partial charge in [-0.3, -0.25) is 4.79 Å². The Morgan fingerprint density at radius 2 is 1.67 bits per heavy atom. The summed E-state index contributed by atoms with van der Waals surface area (Å²) in [6.07, 6.45) is -0.817. The molecule has 0 aromatic carbocycles. The number of hydrogen-bond acceptors (Lipinski definition) is 5. The molecule has 0 rings (SSSR count). The van der Waals surface area contributed by atoms with E-state index in [1.165, 1.54) is 0 Å². The summed E-state index contributed by atoms with van der Waals surface area (Å²) in [5.41, 5.74) is 0.0946. The van der Waals surface area contributed by atoms with Crippen LogP contribution in [-0.4, -0.2) is 37.8 Å². The van der Waals surface area contributed by atoms with Crippen LogP contribution < -0.4 is 0 Å². The summed E-state index contributed by atoms with van der Waals surface area (Å²) in [4.78, 5) is 11.1. The van der Waals surface area contributed by atoms with E-state index in [0.717, 1.165) is 0 Å². The third-order valence-corrected chi connectivity index (χ3v) is 1.56. The molecule has 0 atom stereocenters. The molecule has 0 aliphatic carbocycles. The van der Waals surface area contributed by atoms with Gasteiger partial charge in [-0.1, -0.05) is 0 Å². The van der Waals surface area contributed by atoms with Crippen LogP contribution in [0.5, 0.6) is 0 Å². The highest BCUT2D eigenvalue weighted by Gasteiger charge is 2.18. The van der Waals surface area contributed by atoms with E-state index in [1.807, 2.05) is 13.8 Å². The second-order valence-corrected chi connectivity index (χ2v) is 2.75. The van der Waals surface area contributed by atoms with Crippen LogP contribution in [0.1, 0.15) is 27.2 Å². The van der Waals surface area contributed by atoms with Gasteiger partial charge in [-0.2, -0.15) is 0 Å². The van der Waals surface area contributed by atoms with Gasteiger partial charge in [0.05, 0.1) is 18.7 Å². The standard InChI is InChI=1S/C10H19NO4/c1-4-13-9(12)7-8(11)10(14-5-2)15-6-3/h10-11H,4-7H2,1-3H3. The zero-order valence-corrected chi connectivity index (χ0v) is 9.54. The minimum atomic E-state index is -0.732. The summed E-state index contributed by atoms with van der Waals surface area (Å²) in [5.74, 6) is -0.424. The molecule has 0 bridgehead atoms. The van der Waals surface area contributed by atoms with Crippen molar-refractivity contribution in [2.24, 2.45) is 0 Å². The molecule has 1 N–H and O–H groups in total. The molecule has 0 amide bonds. The number of carbonyl (C=O) groups excluding carboxylic acids is 1. The first-order chi connectivity index (χ1) is 7.15. The fourth-order valence-corrected chi connectivity index (χ4v) is 1.00. The molecule has 15 heavy (non-hydrogen) atoms. The minimum Gasteiger partial charge on any atom is -0.466 e. The van der Waals surface area contributed by atoms with Crippen molar-refractivity contribution in [2.45, 2.75) is 33.5 Å². The van der Waals surface area contributed by atoms with Gasteiger partial charge in [0, 0.05) is 13.2 Å². The maximum atomic E-state index is 11.1. The van der Waals surface area contributed by atoms with Gasteiger partial charge in [0.25, 0.3) is 0 Å². The molecule has 0 saturated carbocycles. The monoisotopic (exact) mass is 217 g/mol. The van der Waals surface area contributed by atoms with Crippen molar-refractivity contribution in [1.29, 1.82) is 5.41 Å². The average Bonchev–Trinajstić information content (AvgIpc) is 2.17. The Morgan fingerprint density at radius 3 is 2.07 bits per heavy atom. The Kier molecular flexibility index (Phi) is 7.85. The van der Waals surface area contributed by atoms with Crippen LogP contribution >= 0.6 is 0 Å². The van der Waals surface area contributed by atoms with Gasteiger partial charge in [-0.05, 0) is 20.8 Å². The van der Waals surface area contributed by atoms with E-state index in [4.69, 9.17) is 19.6 Å². The van der Waals surface area contributed by atoms with E-state index in [-0.39, 0.29) is 12.1 Å². The molecule has 5 heteroatoms. The molecule has 0 unspecified atom stereocenters. The summed E-state index contributed by atoms with van der Waals surface area (Å²) in [5, 5.41) is 7.61. The van der Waals surface area contributed by atoms with Gasteiger partial charge in [0.1, 0.15) is 0 Å². The molecule has 88 valence electrons. The van der Waals surface area contributed by atoms with Crippen LogP contribution in [0.3, 0.4) is 0 Å². The lowest BCUT2D eigenvalue weighted by atomic mass is 10.2. The van der Waals surface area contributed by atoms with Gasteiger partial charge in [0.15, 0.2) is 6.29 Å². The van der Waals surface area contributed by atoms with E-state index in [1.54, 1.807) is 6.92 Å². The lowest BCUT2D eigenvalue weighted by Crippen LogP contribution is -2.29. The highest BCUT2D eigenvalue weighted by atomic mass is 16.7. The van der Waals surface area contributed by atoms with E-state index in [9.17, 15) is 4.79 Å². The van der Waals surface area contributed by atoms with Gasteiger partial charge < -0.3 is 19.6 Å². The Morgan fingerprint density at radius 1 is 1.13 bits per heavy atom. The minimum absolute atomic E-state index is 0.0848. The maximum absolute atomic E-state index is 11.1. The molecule has 0 aromatic rings. The molecule has 0 aliphatic heterocycles. The largest absolute Gasteiger partial charge is 0.466 e. The normalized spacial score (nSPS) is 10.4. The van der Waals surface area contributed by atoms with Crippen molar-refractivity contribution in [2.75, 3.05) is 19.8 Å². The van der Waals surface area contributed by atoms with Crippen molar-refractivity contribution in [3.05, 3.63) is 0 Å². The molecule has 5 nitrogen and oxygen atoms in total. The van der Waals surface area contributed by atoms with Gasteiger partial charge >= 0.3 is 5.97 Å². The Bertz CT molecular complexity index is 200.